The molecule has 0 unspecified atom stereocenters. The van der Waals surface area contributed by atoms with E-state index in [4.69, 9.17) is 16.3 Å². The molecule has 1 saturated carbocycles. The van der Waals surface area contributed by atoms with Crippen LogP contribution >= 0.6 is 11.6 Å². The van der Waals surface area contributed by atoms with Crippen LogP contribution in [0.1, 0.15) is 44.6 Å². The number of rotatable bonds is 2. The smallest absolute Gasteiger partial charge is 0.131 e. The molecule has 0 amide bonds. The third-order valence-corrected chi connectivity index (χ3v) is 4.90. The minimum atomic E-state index is -0.155. The fourth-order valence-corrected chi connectivity index (χ4v) is 3.34. The van der Waals surface area contributed by atoms with E-state index >= 15 is 0 Å². The Labute approximate surface area is 142 Å². The van der Waals surface area contributed by atoms with Crippen molar-refractivity contribution in [2.45, 2.75) is 57.3 Å². The van der Waals surface area contributed by atoms with Gasteiger partial charge < -0.3 is 15.2 Å². The summed E-state index contributed by atoms with van der Waals surface area (Å²) in [5.74, 6) is 6.84. The maximum Gasteiger partial charge on any atom is 0.131 e. The fraction of sp³-hybridized carbons (Fsp3) is 0.611. The van der Waals surface area contributed by atoms with E-state index in [9.17, 15) is 5.11 Å². The molecule has 1 saturated heterocycles. The number of pyridine rings is 1. The second kappa shape index (κ2) is 7.53. The molecule has 1 aliphatic heterocycles. The highest BCUT2D eigenvalue weighted by molar-refractivity contribution is 6.29. The van der Waals surface area contributed by atoms with Crippen molar-refractivity contribution in [1.82, 2.24) is 4.98 Å². The number of nitrogens with one attached hydrogen (secondary N) is 1. The summed E-state index contributed by atoms with van der Waals surface area (Å²) in [6.07, 6.45) is 6.36. The SMILES string of the molecule is C[C@@H]1OCC[C@H]1C#Cc1cnc(Cl)cc1NC1CCC(O)CC1. The molecular weight excluding hydrogens is 312 g/mol. The minimum Gasteiger partial charge on any atom is -0.393 e. The molecule has 2 heterocycles. The fourth-order valence-electron chi connectivity index (χ4n) is 3.18. The van der Waals surface area contributed by atoms with E-state index in [1.165, 1.54) is 0 Å². The summed E-state index contributed by atoms with van der Waals surface area (Å²) in [6, 6.07) is 2.19. The normalized spacial score (nSPS) is 30.6. The third-order valence-electron chi connectivity index (χ3n) is 4.70. The Balaban J connectivity index is 1.74. The van der Waals surface area contributed by atoms with Gasteiger partial charge in [-0.05, 0) is 45.1 Å². The molecule has 2 atom stereocenters. The van der Waals surface area contributed by atoms with Crippen molar-refractivity contribution in [1.29, 1.82) is 0 Å². The van der Waals surface area contributed by atoms with Crippen LogP contribution in [-0.4, -0.2) is 34.9 Å². The van der Waals surface area contributed by atoms with Crippen molar-refractivity contribution in [3.05, 3.63) is 23.0 Å². The maximum absolute atomic E-state index is 9.63. The number of aliphatic hydroxyl groups excluding tert-OH is 1. The first-order valence-electron chi connectivity index (χ1n) is 8.35. The lowest BCUT2D eigenvalue weighted by atomic mass is 9.93. The molecule has 0 radical (unpaired) electrons. The Morgan fingerprint density at radius 1 is 1.30 bits per heavy atom. The molecule has 0 spiro atoms. The van der Waals surface area contributed by atoms with Gasteiger partial charge in [0, 0.05) is 24.8 Å². The van der Waals surface area contributed by atoms with Gasteiger partial charge in [-0.1, -0.05) is 23.4 Å². The standard InChI is InChI=1S/C18H23ClN2O2/c1-12-13(8-9-23-12)2-3-14-11-20-18(19)10-17(14)21-15-4-6-16(22)7-5-15/h10-13,15-16,22H,4-9H2,1H3,(H,20,21)/t12-,13+,15?,16?/m0/s1. The van der Waals surface area contributed by atoms with E-state index in [0.29, 0.717) is 11.2 Å². The van der Waals surface area contributed by atoms with Gasteiger partial charge in [0.15, 0.2) is 0 Å². The molecule has 1 aliphatic carbocycles. The molecule has 1 aromatic heterocycles. The van der Waals surface area contributed by atoms with Gasteiger partial charge >= 0.3 is 0 Å². The van der Waals surface area contributed by atoms with Crippen LogP contribution in [0.3, 0.4) is 0 Å². The van der Waals surface area contributed by atoms with E-state index in [1.807, 2.05) is 6.07 Å². The van der Waals surface area contributed by atoms with Crippen LogP contribution < -0.4 is 5.32 Å². The van der Waals surface area contributed by atoms with Gasteiger partial charge in [0.05, 0.1) is 23.5 Å². The van der Waals surface area contributed by atoms with Crippen LogP contribution in [0.25, 0.3) is 0 Å². The molecule has 2 N–H and O–H groups in total. The first kappa shape index (κ1) is 16.6. The Bertz CT molecular complexity index is 603. The highest BCUT2D eigenvalue weighted by atomic mass is 35.5. The lowest BCUT2D eigenvalue weighted by molar-refractivity contribution is 0.115. The Kier molecular flexibility index (Phi) is 5.42. The second-order valence-electron chi connectivity index (χ2n) is 6.44. The van der Waals surface area contributed by atoms with Crippen LogP contribution in [0, 0.1) is 17.8 Å². The van der Waals surface area contributed by atoms with Crippen LogP contribution in [0.2, 0.25) is 5.15 Å². The van der Waals surface area contributed by atoms with Crippen LogP contribution in [-0.2, 0) is 4.74 Å². The summed E-state index contributed by atoms with van der Waals surface area (Å²) < 4.78 is 5.56. The molecule has 124 valence electrons. The topological polar surface area (TPSA) is 54.4 Å². The zero-order valence-corrected chi connectivity index (χ0v) is 14.1. The first-order valence-corrected chi connectivity index (χ1v) is 8.73. The summed E-state index contributed by atoms with van der Waals surface area (Å²) >= 11 is 6.05. The van der Waals surface area contributed by atoms with Gasteiger partial charge in [-0.15, -0.1) is 0 Å². The van der Waals surface area contributed by atoms with Crippen LogP contribution in [0.5, 0.6) is 0 Å². The Morgan fingerprint density at radius 2 is 2.09 bits per heavy atom. The number of halogens is 1. The van der Waals surface area contributed by atoms with Crippen molar-refractivity contribution in [3.8, 4) is 11.8 Å². The number of nitrogens with zero attached hydrogens (tertiary/aromatic N) is 1. The predicted octanol–water partition coefficient (Wildman–Crippen LogP) is 3.23. The molecule has 5 heteroatoms. The molecule has 2 fully saturated rings. The molecule has 2 aliphatic rings. The predicted molar refractivity (Wildman–Crippen MR) is 91.5 cm³/mol. The lowest BCUT2D eigenvalue weighted by Gasteiger charge is -2.27. The third kappa shape index (κ3) is 4.38. The molecule has 0 bridgehead atoms. The van der Waals surface area contributed by atoms with Crippen LogP contribution in [0.15, 0.2) is 12.3 Å². The summed E-state index contributed by atoms with van der Waals surface area (Å²) in [6.45, 7) is 2.86. The molecule has 4 nitrogen and oxygen atoms in total. The van der Waals surface area contributed by atoms with E-state index in [-0.39, 0.29) is 18.1 Å². The summed E-state index contributed by atoms with van der Waals surface area (Å²) in [7, 11) is 0. The van der Waals surface area contributed by atoms with E-state index in [1.54, 1.807) is 6.20 Å². The highest BCUT2D eigenvalue weighted by Gasteiger charge is 2.22. The van der Waals surface area contributed by atoms with Gasteiger partial charge in [0.2, 0.25) is 0 Å². The zero-order chi connectivity index (χ0) is 16.2. The number of aromatic nitrogens is 1. The number of anilines is 1. The molecule has 1 aromatic rings. The van der Waals surface area contributed by atoms with Crippen molar-refractivity contribution < 1.29 is 9.84 Å². The summed E-state index contributed by atoms with van der Waals surface area (Å²) in [5, 5.41) is 13.6. The highest BCUT2D eigenvalue weighted by Crippen LogP contribution is 2.26. The van der Waals surface area contributed by atoms with Crippen molar-refractivity contribution in [3.63, 3.8) is 0 Å². The number of ether oxygens (including phenoxy) is 1. The quantitative estimate of drug-likeness (QED) is 0.644. The molecule has 3 rings (SSSR count). The van der Waals surface area contributed by atoms with Gasteiger partial charge in [0.25, 0.3) is 0 Å². The second-order valence-corrected chi connectivity index (χ2v) is 6.83. The molecular formula is C18H23ClN2O2. The average Bonchev–Trinajstić information content (AvgIpc) is 2.94. The molecule has 23 heavy (non-hydrogen) atoms. The first-order chi connectivity index (χ1) is 11.1. The van der Waals surface area contributed by atoms with E-state index < -0.39 is 0 Å². The van der Waals surface area contributed by atoms with Crippen molar-refractivity contribution >= 4 is 17.3 Å². The van der Waals surface area contributed by atoms with Gasteiger partial charge in [-0.2, -0.15) is 0 Å². The minimum absolute atomic E-state index is 0.155. The van der Waals surface area contributed by atoms with Crippen molar-refractivity contribution in [2.75, 3.05) is 11.9 Å². The Morgan fingerprint density at radius 3 is 2.78 bits per heavy atom. The zero-order valence-electron chi connectivity index (χ0n) is 13.4. The average molecular weight is 335 g/mol. The van der Waals surface area contributed by atoms with E-state index in [0.717, 1.165) is 50.0 Å². The van der Waals surface area contributed by atoms with Gasteiger partial charge in [0.1, 0.15) is 5.15 Å². The van der Waals surface area contributed by atoms with Crippen LogP contribution in [0.4, 0.5) is 5.69 Å². The lowest BCUT2D eigenvalue weighted by Crippen LogP contribution is -2.28. The van der Waals surface area contributed by atoms with E-state index in [2.05, 4.69) is 29.1 Å². The van der Waals surface area contributed by atoms with Crippen molar-refractivity contribution in [2.24, 2.45) is 5.92 Å². The molecule has 0 aromatic carbocycles. The summed E-state index contributed by atoms with van der Waals surface area (Å²) in [4.78, 5) is 4.16. The number of hydrogen-bond donors (Lipinski definition) is 2. The Hall–Kier alpha value is -1.28. The number of hydrogen-bond acceptors (Lipinski definition) is 4. The van der Waals surface area contributed by atoms with Gasteiger partial charge in [-0.25, -0.2) is 4.98 Å². The largest absolute Gasteiger partial charge is 0.393 e. The summed E-state index contributed by atoms with van der Waals surface area (Å²) in [5.41, 5.74) is 1.81. The monoisotopic (exact) mass is 334 g/mol. The maximum atomic E-state index is 9.63. The van der Waals surface area contributed by atoms with Gasteiger partial charge in [-0.3, -0.25) is 0 Å². The number of aliphatic hydroxyl groups is 1.